The minimum atomic E-state index is -0.593. The molecule has 2 aromatic rings. The zero-order valence-electron chi connectivity index (χ0n) is 14.6. The van der Waals surface area contributed by atoms with Crippen LogP contribution in [0.2, 0.25) is 5.02 Å². The van der Waals surface area contributed by atoms with Gasteiger partial charge in [0.05, 0.1) is 6.04 Å². The van der Waals surface area contributed by atoms with E-state index >= 15 is 0 Å². The molecule has 0 fully saturated rings. The number of amides is 1. The van der Waals surface area contributed by atoms with Crippen molar-refractivity contribution in [3.05, 3.63) is 64.2 Å². The van der Waals surface area contributed by atoms with E-state index in [-0.39, 0.29) is 11.9 Å². The number of benzene rings is 2. The van der Waals surface area contributed by atoms with Crippen molar-refractivity contribution in [2.45, 2.75) is 46.3 Å². The van der Waals surface area contributed by atoms with Crippen LogP contribution in [0.15, 0.2) is 42.5 Å². The third-order valence-corrected chi connectivity index (χ3v) is 4.37. The molecular weight excluding hydrogens is 322 g/mol. The lowest BCUT2D eigenvalue weighted by molar-refractivity contribution is -0.128. The van der Waals surface area contributed by atoms with Crippen molar-refractivity contribution in [2.75, 3.05) is 0 Å². The average Bonchev–Trinajstić information content (AvgIpc) is 2.55. The van der Waals surface area contributed by atoms with Crippen LogP contribution in [-0.2, 0) is 4.79 Å². The molecule has 0 heterocycles. The molecule has 3 nitrogen and oxygen atoms in total. The Balaban J connectivity index is 2.04. The van der Waals surface area contributed by atoms with E-state index in [1.54, 1.807) is 31.2 Å². The number of nitrogens with one attached hydrogen (secondary N) is 1. The summed E-state index contributed by atoms with van der Waals surface area (Å²) in [4.78, 5) is 12.5. The zero-order chi connectivity index (χ0) is 17.7. The van der Waals surface area contributed by atoms with Gasteiger partial charge in [-0.25, -0.2) is 0 Å². The Hall–Kier alpha value is -2.00. The minimum Gasteiger partial charge on any atom is -0.481 e. The van der Waals surface area contributed by atoms with Gasteiger partial charge in [0.2, 0.25) is 0 Å². The highest BCUT2D eigenvalue weighted by molar-refractivity contribution is 6.30. The van der Waals surface area contributed by atoms with E-state index in [2.05, 4.69) is 44.3 Å². The molecular formula is C20H24ClNO2. The molecule has 0 saturated heterocycles. The van der Waals surface area contributed by atoms with Gasteiger partial charge in [-0.3, -0.25) is 4.79 Å². The number of carbonyl (C=O) groups excluding carboxylic acids is 1. The summed E-state index contributed by atoms with van der Waals surface area (Å²) in [5.41, 5.74) is 3.59. The molecule has 24 heavy (non-hydrogen) atoms. The second-order valence-corrected chi connectivity index (χ2v) is 6.47. The van der Waals surface area contributed by atoms with Crippen LogP contribution in [-0.4, -0.2) is 12.0 Å². The summed E-state index contributed by atoms with van der Waals surface area (Å²) in [7, 11) is 0. The van der Waals surface area contributed by atoms with Crippen molar-refractivity contribution in [3.63, 3.8) is 0 Å². The van der Waals surface area contributed by atoms with E-state index in [0.29, 0.717) is 10.8 Å². The fraction of sp³-hybridized carbons (Fsp3) is 0.350. The number of rotatable bonds is 6. The Morgan fingerprint density at radius 1 is 1.17 bits per heavy atom. The van der Waals surface area contributed by atoms with E-state index in [1.807, 2.05) is 0 Å². The highest BCUT2D eigenvalue weighted by atomic mass is 35.5. The molecule has 0 aromatic heterocycles. The van der Waals surface area contributed by atoms with Gasteiger partial charge in [0.1, 0.15) is 5.75 Å². The SMILES string of the molecule is CC[C@@H](NC(=O)[C@@H](C)Oc1cccc(Cl)c1)c1ccc(C)c(C)c1. The lowest BCUT2D eigenvalue weighted by Gasteiger charge is -2.21. The van der Waals surface area contributed by atoms with Crippen molar-refractivity contribution in [1.82, 2.24) is 5.32 Å². The summed E-state index contributed by atoms with van der Waals surface area (Å²) in [6.45, 7) is 7.96. The number of aryl methyl sites for hydroxylation is 2. The molecule has 0 bridgehead atoms. The average molecular weight is 346 g/mol. The van der Waals surface area contributed by atoms with Crippen molar-refractivity contribution in [1.29, 1.82) is 0 Å². The fourth-order valence-corrected chi connectivity index (χ4v) is 2.67. The first-order valence-electron chi connectivity index (χ1n) is 8.20. The number of hydrogen-bond acceptors (Lipinski definition) is 2. The summed E-state index contributed by atoms with van der Waals surface area (Å²) in [6, 6.07) is 13.3. The maximum atomic E-state index is 12.5. The summed E-state index contributed by atoms with van der Waals surface area (Å²) < 4.78 is 5.68. The minimum absolute atomic E-state index is 0.0257. The van der Waals surface area contributed by atoms with Gasteiger partial charge in [-0.1, -0.05) is 42.8 Å². The smallest absolute Gasteiger partial charge is 0.261 e. The molecule has 0 aliphatic heterocycles. The number of ether oxygens (including phenoxy) is 1. The molecule has 2 atom stereocenters. The highest BCUT2D eigenvalue weighted by Gasteiger charge is 2.19. The molecule has 128 valence electrons. The van der Waals surface area contributed by atoms with Crippen LogP contribution in [0.25, 0.3) is 0 Å². The van der Waals surface area contributed by atoms with Crippen molar-refractivity contribution in [2.24, 2.45) is 0 Å². The second kappa shape index (κ2) is 8.20. The van der Waals surface area contributed by atoms with E-state index in [0.717, 1.165) is 12.0 Å². The van der Waals surface area contributed by atoms with Gasteiger partial charge >= 0.3 is 0 Å². The number of halogens is 1. The van der Waals surface area contributed by atoms with Gasteiger partial charge < -0.3 is 10.1 Å². The van der Waals surface area contributed by atoms with Crippen LogP contribution >= 0.6 is 11.6 Å². The van der Waals surface area contributed by atoms with Gasteiger partial charge in [-0.05, 0) is 62.1 Å². The standard InChI is InChI=1S/C20H24ClNO2/c1-5-19(16-10-9-13(2)14(3)11-16)22-20(23)15(4)24-18-8-6-7-17(21)12-18/h6-12,15,19H,5H2,1-4H3,(H,22,23)/t15-,19-/m1/s1. The van der Waals surface area contributed by atoms with Gasteiger partial charge in [-0.2, -0.15) is 0 Å². The van der Waals surface area contributed by atoms with Crippen LogP contribution in [0.4, 0.5) is 0 Å². The lowest BCUT2D eigenvalue weighted by atomic mass is 9.99. The largest absolute Gasteiger partial charge is 0.481 e. The van der Waals surface area contributed by atoms with Crippen molar-refractivity contribution in [3.8, 4) is 5.75 Å². The van der Waals surface area contributed by atoms with Crippen LogP contribution < -0.4 is 10.1 Å². The first kappa shape index (κ1) is 18.3. The maximum Gasteiger partial charge on any atom is 0.261 e. The molecule has 1 amide bonds. The summed E-state index contributed by atoms with van der Waals surface area (Å²) in [5, 5.41) is 3.65. The molecule has 0 aliphatic carbocycles. The molecule has 0 saturated carbocycles. The van der Waals surface area contributed by atoms with Gasteiger partial charge in [-0.15, -0.1) is 0 Å². The predicted octanol–water partition coefficient (Wildman–Crippen LogP) is 4.99. The Morgan fingerprint density at radius 3 is 2.54 bits per heavy atom. The van der Waals surface area contributed by atoms with E-state index in [9.17, 15) is 4.79 Å². The van der Waals surface area contributed by atoms with E-state index in [4.69, 9.17) is 16.3 Å². The van der Waals surface area contributed by atoms with Crippen LogP contribution in [0.3, 0.4) is 0 Å². The summed E-state index contributed by atoms with van der Waals surface area (Å²) >= 11 is 5.94. The molecule has 2 aromatic carbocycles. The Morgan fingerprint density at radius 2 is 1.92 bits per heavy atom. The Labute approximate surface area is 149 Å². The van der Waals surface area contributed by atoms with Gasteiger partial charge in [0.15, 0.2) is 6.10 Å². The van der Waals surface area contributed by atoms with Crippen LogP contribution in [0, 0.1) is 13.8 Å². The molecule has 0 unspecified atom stereocenters. The first-order chi connectivity index (χ1) is 11.4. The predicted molar refractivity (Wildman–Crippen MR) is 98.6 cm³/mol. The topological polar surface area (TPSA) is 38.3 Å². The number of hydrogen-bond donors (Lipinski definition) is 1. The fourth-order valence-electron chi connectivity index (χ4n) is 2.49. The van der Waals surface area contributed by atoms with Gasteiger partial charge in [0.25, 0.3) is 5.91 Å². The number of carbonyl (C=O) groups is 1. The van der Waals surface area contributed by atoms with Gasteiger partial charge in [0, 0.05) is 5.02 Å². The Bertz CT molecular complexity index is 715. The second-order valence-electron chi connectivity index (χ2n) is 6.03. The third-order valence-electron chi connectivity index (χ3n) is 4.14. The normalized spacial score (nSPS) is 13.2. The Kier molecular flexibility index (Phi) is 6.27. The zero-order valence-corrected chi connectivity index (χ0v) is 15.4. The van der Waals surface area contributed by atoms with Crippen molar-refractivity contribution >= 4 is 17.5 Å². The van der Waals surface area contributed by atoms with E-state index < -0.39 is 6.10 Å². The molecule has 0 spiro atoms. The van der Waals surface area contributed by atoms with Crippen molar-refractivity contribution < 1.29 is 9.53 Å². The van der Waals surface area contributed by atoms with Crippen LogP contribution in [0.5, 0.6) is 5.75 Å². The molecule has 1 N–H and O–H groups in total. The molecule has 4 heteroatoms. The molecule has 2 rings (SSSR count). The third kappa shape index (κ3) is 4.75. The monoisotopic (exact) mass is 345 g/mol. The molecule has 0 aliphatic rings. The summed E-state index contributed by atoms with van der Waals surface area (Å²) in [6.07, 6.45) is 0.224. The maximum absolute atomic E-state index is 12.5. The van der Waals surface area contributed by atoms with Crippen LogP contribution in [0.1, 0.15) is 43.0 Å². The summed E-state index contributed by atoms with van der Waals surface area (Å²) in [5.74, 6) is 0.449. The quantitative estimate of drug-likeness (QED) is 0.800. The lowest BCUT2D eigenvalue weighted by Crippen LogP contribution is -2.38. The molecule has 0 radical (unpaired) electrons. The first-order valence-corrected chi connectivity index (χ1v) is 8.58. The van der Waals surface area contributed by atoms with E-state index in [1.165, 1.54) is 11.1 Å². The highest BCUT2D eigenvalue weighted by Crippen LogP contribution is 2.21.